The number of amides is 2. The summed E-state index contributed by atoms with van der Waals surface area (Å²) in [4.78, 5) is 26.9. The Balaban J connectivity index is 2.37. The minimum atomic E-state index is -2.82. The lowest BCUT2D eigenvalue weighted by molar-refractivity contribution is -0.145. The fraction of sp³-hybridized carbons (Fsp3) is 0.440. The molecule has 2 rings (SSSR count). The Bertz CT molecular complexity index is 1010. The van der Waals surface area contributed by atoms with Crippen molar-refractivity contribution in [1.82, 2.24) is 10.2 Å². The van der Waals surface area contributed by atoms with Gasteiger partial charge in [-0.2, -0.15) is 0 Å². The van der Waals surface area contributed by atoms with E-state index in [1.165, 1.54) is 43.3 Å². The third-order valence-electron chi connectivity index (χ3n) is 5.18. The van der Waals surface area contributed by atoms with Crippen LogP contribution in [-0.4, -0.2) is 58.6 Å². The Labute approximate surface area is 197 Å². The molecular formula is C25H31F3N2O4. The molecule has 34 heavy (non-hydrogen) atoms. The summed E-state index contributed by atoms with van der Waals surface area (Å²) in [5, 5.41) is 23.4. The van der Waals surface area contributed by atoms with Crippen LogP contribution < -0.4 is 5.32 Å². The zero-order chi connectivity index (χ0) is 25.6. The smallest absolute Gasteiger partial charge is 0.255 e. The van der Waals surface area contributed by atoms with Crippen LogP contribution in [0.2, 0.25) is 0 Å². The molecule has 0 spiro atoms. The van der Waals surface area contributed by atoms with E-state index in [1.54, 1.807) is 26.8 Å². The van der Waals surface area contributed by atoms with Gasteiger partial charge in [0.1, 0.15) is 11.6 Å². The lowest BCUT2D eigenvalue weighted by atomic mass is 9.94. The van der Waals surface area contributed by atoms with Gasteiger partial charge in [0.15, 0.2) is 6.10 Å². The summed E-state index contributed by atoms with van der Waals surface area (Å²) in [6.45, 7) is 5.91. The number of benzene rings is 2. The molecule has 186 valence electrons. The van der Waals surface area contributed by atoms with Crippen LogP contribution in [-0.2, 0) is 11.2 Å². The largest absolute Gasteiger partial charge is 0.508 e. The second-order valence-electron chi connectivity index (χ2n) is 9.48. The molecule has 2 atom stereocenters. The number of carbonyl (C=O) groups is 2. The number of halogens is 3. The van der Waals surface area contributed by atoms with Crippen LogP contribution >= 0.6 is 0 Å². The fourth-order valence-corrected chi connectivity index (χ4v) is 3.61. The predicted octanol–water partition coefficient (Wildman–Crippen LogP) is 3.68. The molecule has 0 aliphatic rings. The highest BCUT2D eigenvalue weighted by Crippen LogP contribution is 2.21. The SMILES string of the molecule is Cc1c(O)cccc1C(=O)NC(Cc1cccc(F)c1)C(O)C(=O)N(CC(F)F)CC(C)(C)C. The Morgan fingerprint density at radius 3 is 2.35 bits per heavy atom. The van der Waals surface area contributed by atoms with Crippen molar-refractivity contribution in [3.63, 3.8) is 0 Å². The zero-order valence-corrected chi connectivity index (χ0v) is 19.7. The number of aromatic hydroxyl groups is 1. The van der Waals surface area contributed by atoms with E-state index >= 15 is 0 Å². The van der Waals surface area contributed by atoms with Gasteiger partial charge >= 0.3 is 0 Å². The highest BCUT2D eigenvalue weighted by molar-refractivity contribution is 5.97. The van der Waals surface area contributed by atoms with Crippen LogP contribution in [0.25, 0.3) is 0 Å². The van der Waals surface area contributed by atoms with E-state index in [1.807, 2.05) is 0 Å². The first kappa shape index (κ1) is 27.2. The summed E-state index contributed by atoms with van der Waals surface area (Å²) in [6.07, 6.45) is -4.82. The molecule has 3 N–H and O–H groups in total. The van der Waals surface area contributed by atoms with E-state index in [0.717, 1.165) is 4.90 Å². The summed E-state index contributed by atoms with van der Waals surface area (Å²) < 4.78 is 40.1. The summed E-state index contributed by atoms with van der Waals surface area (Å²) in [6, 6.07) is 8.51. The van der Waals surface area contributed by atoms with E-state index in [0.29, 0.717) is 5.56 Å². The Kier molecular flexibility index (Phi) is 9.09. The summed E-state index contributed by atoms with van der Waals surface area (Å²) >= 11 is 0. The third-order valence-corrected chi connectivity index (χ3v) is 5.18. The van der Waals surface area contributed by atoms with Crippen LogP contribution in [0.15, 0.2) is 42.5 Å². The van der Waals surface area contributed by atoms with E-state index in [2.05, 4.69) is 5.32 Å². The predicted molar refractivity (Wildman–Crippen MR) is 122 cm³/mol. The van der Waals surface area contributed by atoms with Crippen molar-refractivity contribution in [1.29, 1.82) is 0 Å². The van der Waals surface area contributed by atoms with Gasteiger partial charge in [-0.15, -0.1) is 0 Å². The van der Waals surface area contributed by atoms with Gasteiger partial charge in [-0.3, -0.25) is 9.59 Å². The summed E-state index contributed by atoms with van der Waals surface area (Å²) in [5.41, 5.74) is 0.269. The number of nitrogens with one attached hydrogen (secondary N) is 1. The first-order valence-corrected chi connectivity index (χ1v) is 10.9. The van der Waals surface area contributed by atoms with Gasteiger partial charge in [0.25, 0.3) is 18.2 Å². The van der Waals surface area contributed by atoms with Crippen molar-refractivity contribution < 1.29 is 33.0 Å². The van der Waals surface area contributed by atoms with Crippen LogP contribution in [0.3, 0.4) is 0 Å². The number of hydrogen-bond acceptors (Lipinski definition) is 4. The van der Waals surface area contributed by atoms with Crippen molar-refractivity contribution in [2.75, 3.05) is 13.1 Å². The number of aliphatic hydroxyl groups excluding tert-OH is 1. The highest BCUT2D eigenvalue weighted by atomic mass is 19.3. The maximum atomic E-state index is 13.7. The Morgan fingerprint density at radius 2 is 1.76 bits per heavy atom. The number of hydrogen-bond donors (Lipinski definition) is 3. The second-order valence-corrected chi connectivity index (χ2v) is 9.48. The molecule has 2 amide bonds. The molecule has 9 heteroatoms. The minimum Gasteiger partial charge on any atom is -0.508 e. The molecule has 0 heterocycles. The van der Waals surface area contributed by atoms with E-state index in [9.17, 15) is 33.0 Å². The first-order chi connectivity index (χ1) is 15.8. The second kappa shape index (κ2) is 11.4. The average Bonchev–Trinajstić information content (AvgIpc) is 2.72. The topological polar surface area (TPSA) is 89.9 Å². The maximum Gasteiger partial charge on any atom is 0.255 e. The van der Waals surface area contributed by atoms with Crippen molar-refractivity contribution in [2.45, 2.75) is 52.7 Å². The molecule has 0 aliphatic heterocycles. The quantitative estimate of drug-likeness (QED) is 0.511. The van der Waals surface area contributed by atoms with Gasteiger partial charge in [-0.05, 0) is 48.6 Å². The molecular weight excluding hydrogens is 449 g/mol. The molecule has 0 bridgehead atoms. The number of rotatable bonds is 9. The number of phenolic OH excluding ortho intramolecular Hbond substituents is 1. The molecule has 0 fully saturated rings. The average molecular weight is 481 g/mol. The van der Waals surface area contributed by atoms with Crippen molar-refractivity contribution in [2.24, 2.45) is 5.41 Å². The van der Waals surface area contributed by atoms with Gasteiger partial charge in [0.05, 0.1) is 12.6 Å². The van der Waals surface area contributed by atoms with Crippen LogP contribution in [0.1, 0.15) is 42.3 Å². The number of aliphatic hydroxyl groups is 1. The van der Waals surface area contributed by atoms with Gasteiger partial charge in [-0.25, -0.2) is 13.2 Å². The fourth-order valence-electron chi connectivity index (χ4n) is 3.61. The van der Waals surface area contributed by atoms with Crippen molar-refractivity contribution in [3.05, 3.63) is 65.0 Å². The summed E-state index contributed by atoms with van der Waals surface area (Å²) in [5.74, 6) is -2.30. The molecule has 2 unspecified atom stereocenters. The van der Waals surface area contributed by atoms with Crippen LogP contribution in [0.4, 0.5) is 13.2 Å². The van der Waals surface area contributed by atoms with E-state index in [4.69, 9.17) is 0 Å². The highest BCUT2D eigenvalue weighted by Gasteiger charge is 2.34. The lowest BCUT2D eigenvalue weighted by Crippen LogP contribution is -2.54. The number of carbonyl (C=O) groups excluding carboxylic acids is 2. The van der Waals surface area contributed by atoms with Crippen molar-refractivity contribution >= 4 is 11.8 Å². The van der Waals surface area contributed by atoms with Crippen LogP contribution in [0.5, 0.6) is 5.75 Å². The molecule has 0 aliphatic carbocycles. The lowest BCUT2D eigenvalue weighted by Gasteiger charge is -2.33. The zero-order valence-electron chi connectivity index (χ0n) is 19.7. The van der Waals surface area contributed by atoms with Crippen molar-refractivity contribution in [3.8, 4) is 5.75 Å². The third kappa shape index (κ3) is 7.76. The van der Waals surface area contributed by atoms with Gasteiger partial charge in [0, 0.05) is 17.7 Å². The van der Waals surface area contributed by atoms with Gasteiger partial charge in [0.2, 0.25) is 0 Å². The standard InChI is InChI=1S/C25H31F3N2O4/c1-15-18(9-6-10-20(15)31)23(33)29-19(12-16-7-5-8-17(26)11-16)22(32)24(34)30(13-21(27)28)14-25(2,3)4/h5-11,19,21-22,31-32H,12-14H2,1-4H3,(H,29,33). The van der Waals surface area contributed by atoms with E-state index < -0.39 is 48.2 Å². The van der Waals surface area contributed by atoms with Crippen LogP contribution in [0, 0.1) is 18.2 Å². The number of nitrogens with zero attached hydrogens (tertiary/aromatic N) is 1. The van der Waals surface area contributed by atoms with Gasteiger partial charge < -0.3 is 20.4 Å². The molecule has 2 aromatic carbocycles. The summed E-state index contributed by atoms with van der Waals surface area (Å²) in [7, 11) is 0. The van der Waals surface area contributed by atoms with E-state index in [-0.39, 0.29) is 29.8 Å². The maximum absolute atomic E-state index is 13.7. The monoisotopic (exact) mass is 480 g/mol. The molecule has 0 saturated heterocycles. The molecule has 0 aromatic heterocycles. The normalized spacial score (nSPS) is 13.4. The first-order valence-electron chi connectivity index (χ1n) is 10.9. The Morgan fingerprint density at radius 1 is 1.12 bits per heavy atom. The van der Waals surface area contributed by atoms with Gasteiger partial charge in [-0.1, -0.05) is 39.0 Å². The molecule has 6 nitrogen and oxygen atoms in total. The molecule has 0 saturated carbocycles. The number of alkyl halides is 2. The Hall–Kier alpha value is -3.07. The number of phenols is 1. The molecule has 2 aromatic rings. The molecule has 0 radical (unpaired) electrons. The minimum absolute atomic E-state index is 0.0421.